The smallest absolute Gasteiger partial charge is 0.255 e. The first kappa shape index (κ1) is 20.1. The number of piperidine rings is 3. The van der Waals surface area contributed by atoms with Gasteiger partial charge >= 0.3 is 0 Å². The van der Waals surface area contributed by atoms with Crippen molar-refractivity contribution in [1.82, 2.24) is 20.0 Å². The largest absolute Gasteiger partial charge is 0.393 e. The van der Waals surface area contributed by atoms with Gasteiger partial charge in [0.05, 0.1) is 23.7 Å². The van der Waals surface area contributed by atoms with E-state index in [0.717, 1.165) is 18.2 Å². The number of aliphatic hydroxyl groups is 1. The number of carbonyl (C=O) groups excluding carboxylic acids is 2. The zero-order chi connectivity index (χ0) is 22.2. The molecule has 7 nitrogen and oxygen atoms in total. The number of aromatic nitrogens is 2. The van der Waals surface area contributed by atoms with E-state index in [1.165, 1.54) is 4.90 Å². The number of aliphatic hydroxyl groups excluding tert-OH is 1. The molecule has 5 atom stereocenters. The highest BCUT2D eigenvalue weighted by atomic mass is 19.3. The van der Waals surface area contributed by atoms with Crippen LogP contribution in [-0.2, 0) is 4.79 Å². The van der Waals surface area contributed by atoms with Crippen molar-refractivity contribution in [2.24, 2.45) is 5.92 Å². The first-order valence-corrected chi connectivity index (χ1v) is 11.5. The predicted octanol–water partition coefficient (Wildman–Crippen LogP) is 2.71. The molecule has 32 heavy (non-hydrogen) atoms. The van der Waals surface area contributed by atoms with E-state index in [0.29, 0.717) is 30.3 Å². The van der Waals surface area contributed by atoms with Crippen LogP contribution in [0, 0.1) is 5.92 Å². The summed E-state index contributed by atoms with van der Waals surface area (Å²) in [6.45, 7) is 0. The lowest BCUT2D eigenvalue weighted by Crippen LogP contribution is -2.69. The maximum Gasteiger partial charge on any atom is 0.255 e. The van der Waals surface area contributed by atoms with Crippen molar-refractivity contribution in [3.8, 4) is 0 Å². The number of nitrogens with one attached hydrogen (secondary N) is 1. The van der Waals surface area contributed by atoms with Crippen LogP contribution in [0.25, 0.3) is 10.9 Å². The molecule has 9 heteroatoms. The van der Waals surface area contributed by atoms with Crippen LogP contribution in [0.1, 0.15) is 55.3 Å². The number of carbonyl (C=O) groups is 2. The van der Waals surface area contributed by atoms with Gasteiger partial charge in [0.2, 0.25) is 5.91 Å². The highest BCUT2D eigenvalue weighted by Gasteiger charge is 2.62. The number of alkyl halides is 2. The summed E-state index contributed by atoms with van der Waals surface area (Å²) in [5, 5.41) is 17.8. The molecular formula is C23H26F2N4O3. The fraction of sp³-hybridized carbons (Fsp3) is 0.609. The molecule has 4 aliphatic heterocycles. The number of halogens is 2. The Bertz CT molecular complexity index is 1070. The van der Waals surface area contributed by atoms with Crippen LogP contribution in [0.2, 0.25) is 0 Å². The Hall–Kier alpha value is -2.55. The van der Waals surface area contributed by atoms with Crippen LogP contribution >= 0.6 is 0 Å². The summed E-state index contributed by atoms with van der Waals surface area (Å²) < 4.78 is 30.0. The van der Waals surface area contributed by atoms with Gasteiger partial charge in [0.1, 0.15) is 6.04 Å². The second-order valence-electron chi connectivity index (χ2n) is 9.89. The van der Waals surface area contributed by atoms with E-state index < -0.39 is 36.4 Å². The average Bonchev–Trinajstić information content (AvgIpc) is 3.33. The topological polar surface area (TPSA) is 89.5 Å². The van der Waals surface area contributed by atoms with Gasteiger partial charge in [-0.2, -0.15) is 5.10 Å². The standard InChI is InChI=1S/C23H26F2N4O3/c24-23(25)10-16-5-6-18(23)20(22(32)28-14-3-4-15(28)9-17(30)8-14)29(16)21(31)12-1-2-13-11-26-27-19(13)7-12/h1-2,7,11,14-18,20,30H,3-6,8-10H2,(H,26,27)/t14-,15-,16?,18?,20+/m0/s1. The molecule has 2 aromatic rings. The molecular weight excluding hydrogens is 418 g/mol. The number of aromatic amines is 1. The highest BCUT2D eigenvalue weighted by Crippen LogP contribution is 2.51. The van der Waals surface area contributed by atoms with Gasteiger partial charge in [0.15, 0.2) is 0 Å². The van der Waals surface area contributed by atoms with Crippen molar-refractivity contribution in [3.05, 3.63) is 30.0 Å². The molecule has 5 heterocycles. The minimum atomic E-state index is -2.97. The van der Waals surface area contributed by atoms with Crippen LogP contribution < -0.4 is 0 Å². The molecule has 4 bridgehead atoms. The molecule has 170 valence electrons. The lowest BCUT2D eigenvalue weighted by atomic mass is 9.71. The first-order valence-electron chi connectivity index (χ1n) is 11.5. The number of H-pyrrole nitrogens is 1. The third kappa shape index (κ3) is 2.89. The summed E-state index contributed by atoms with van der Waals surface area (Å²) in [7, 11) is 0. The van der Waals surface area contributed by atoms with Crippen LogP contribution in [0.4, 0.5) is 8.78 Å². The van der Waals surface area contributed by atoms with Gasteiger partial charge in [0, 0.05) is 35.5 Å². The van der Waals surface area contributed by atoms with Gasteiger partial charge in [-0.3, -0.25) is 14.7 Å². The molecule has 5 fully saturated rings. The zero-order valence-corrected chi connectivity index (χ0v) is 17.6. The molecule has 2 unspecified atom stereocenters. The van der Waals surface area contributed by atoms with E-state index in [9.17, 15) is 23.5 Å². The summed E-state index contributed by atoms with van der Waals surface area (Å²) in [4.78, 5) is 30.6. The quantitative estimate of drug-likeness (QED) is 0.746. The molecule has 1 saturated carbocycles. The number of benzene rings is 1. The second-order valence-corrected chi connectivity index (χ2v) is 9.89. The Morgan fingerprint density at radius 3 is 2.50 bits per heavy atom. The molecule has 1 aromatic heterocycles. The molecule has 5 aliphatic rings. The van der Waals surface area contributed by atoms with Crippen LogP contribution in [0.15, 0.2) is 24.4 Å². The number of fused-ring (bicyclic) bond motifs is 6. The first-order chi connectivity index (χ1) is 15.3. The van der Waals surface area contributed by atoms with E-state index >= 15 is 0 Å². The van der Waals surface area contributed by atoms with E-state index in [1.54, 1.807) is 29.3 Å². The van der Waals surface area contributed by atoms with Crippen molar-refractivity contribution in [2.45, 2.75) is 81.1 Å². The Balaban J connectivity index is 1.38. The minimum absolute atomic E-state index is 0.136. The number of nitrogens with zero attached hydrogens (tertiary/aromatic N) is 3. The highest BCUT2D eigenvalue weighted by molar-refractivity contribution is 6.00. The zero-order valence-electron chi connectivity index (χ0n) is 17.6. The lowest BCUT2D eigenvalue weighted by Gasteiger charge is -2.55. The number of rotatable bonds is 2. The Labute approximate surface area is 183 Å². The van der Waals surface area contributed by atoms with Gasteiger partial charge in [-0.25, -0.2) is 8.78 Å². The van der Waals surface area contributed by atoms with Crippen molar-refractivity contribution in [2.75, 3.05) is 0 Å². The SMILES string of the molecule is O=C(c1ccc2cn[nH]c2c1)N1C2CCC([C@@H]1C(=O)N1[C@H]3CC[C@H]1CC(O)C3)C(F)(F)C2. The van der Waals surface area contributed by atoms with E-state index in [-0.39, 0.29) is 30.3 Å². The molecule has 1 aliphatic carbocycles. The van der Waals surface area contributed by atoms with Crippen LogP contribution in [0.5, 0.6) is 0 Å². The van der Waals surface area contributed by atoms with Gasteiger partial charge in [-0.1, -0.05) is 6.07 Å². The Morgan fingerprint density at radius 2 is 1.78 bits per heavy atom. The third-order valence-corrected chi connectivity index (χ3v) is 8.07. The summed E-state index contributed by atoms with van der Waals surface area (Å²) in [6.07, 6.45) is 4.01. The predicted molar refractivity (Wildman–Crippen MR) is 111 cm³/mol. The van der Waals surface area contributed by atoms with Crippen molar-refractivity contribution < 1.29 is 23.5 Å². The van der Waals surface area contributed by atoms with E-state index in [4.69, 9.17) is 0 Å². The maximum absolute atomic E-state index is 15.0. The van der Waals surface area contributed by atoms with Gasteiger partial charge < -0.3 is 14.9 Å². The van der Waals surface area contributed by atoms with Gasteiger partial charge in [-0.15, -0.1) is 0 Å². The van der Waals surface area contributed by atoms with Crippen molar-refractivity contribution in [3.63, 3.8) is 0 Å². The van der Waals surface area contributed by atoms with Crippen LogP contribution in [-0.4, -0.2) is 73.1 Å². The molecule has 2 N–H and O–H groups in total. The maximum atomic E-state index is 15.0. The summed E-state index contributed by atoms with van der Waals surface area (Å²) in [5.41, 5.74) is 1.06. The van der Waals surface area contributed by atoms with Crippen LogP contribution in [0.3, 0.4) is 0 Å². The van der Waals surface area contributed by atoms with Gasteiger partial charge in [-0.05, 0) is 50.7 Å². The van der Waals surface area contributed by atoms with Crippen molar-refractivity contribution >= 4 is 22.7 Å². The van der Waals surface area contributed by atoms with E-state index in [1.807, 2.05) is 0 Å². The summed E-state index contributed by atoms with van der Waals surface area (Å²) >= 11 is 0. The number of hydrogen-bond donors (Lipinski definition) is 2. The second kappa shape index (κ2) is 6.97. The third-order valence-electron chi connectivity index (χ3n) is 8.07. The Kier molecular flexibility index (Phi) is 4.38. The molecule has 7 rings (SSSR count). The van der Waals surface area contributed by atoms with E-state index in [2.05, 4.69) is 10.2 Å². The summed E-state index contributed by atoms with van der Waals surface area (Å²) in [5.74, 6) is -4.89. The fourth-order valence-electron chi connectivity index (χ4n) is 6.66. The molecule has 0 radical (unpaired) electrons. The molecule has 2 amide bonds. The molecule has 1 aromatic carbocycles. The molecule has 0 spiro atoms. The normalized spacial score (nSPS) is 35.5. The lowest BCUT2D eigenvalue weighted by molar-refractivity contribution is -0.187. The summed E-state index contributed by atoms with van der Waals surface area (Å²) in [6, 6.07) is 3.01. The fourth-order valence-corrected chi connectivity index (χ4v) is 6.66. The average molecular weight is 444 g/mol. The Morgan fingerprint density at radius 1 is 1.06 bits per heavy atom. The minimum Gasteiger partial charge on any atom is -0.393 e. The molecule has 4 saturated heterocycles. The van der Waals surface area contributed by atoms with Crippen molar-refractivity contribution in [1.29, 1.82) is 0 Å². The number of amides is 2. The monoisotopic (exact) mass is 444 g/mol. The van der Waals surface area contributed by atoms with Gasteiger partial charge in [0.25, 0.3) is 11.8 Å². The number of hydrogen-bond acceptors (Lipinski definition) is 4.